The summed E-state index contributed by atoms with van der Waals surface area (Å²) < 4.78 is 57.1. The second-order valence-corrected chi connectivity index (χ2v) is 8.93. The van der Waals surface area contributed by atoms with E-state index in [2.05, 4.69) is 30.6 Å². The van der Waals surface area contributed by atoms with Crippen LogP contribution in [0.2, 0.25) is 0 Å². The molecule has 2 saturated heterocycles. The number of ether oxygens (including phenoxy) is 3. The highest BCUT2D eigenvalue weighted by Crippen LogP contribution is 2.36. The average molecular weight is 504 g/mol. The summed E-state index contributed by atoms with van der Waals surface area (Å²) in [6.45, 7) is 3.64. The number of alkyl halides is 3. The second-order valence-electron chi connectivity index (χ2n) is 8.93. The molecule has 0 spiro atoms. The molecule has 3 aromatic rings. The smallest absolute Gasteiger partial charge is 0.371 e. The van der Waals surface area contributed by atoms with E-state index in [1.165, 1.54) is 12.4 Å². The first-order valence-electron chi connectivity index (χ1n) is 11.2. The summed E-state index contributed by atoms with van der Waals surface area (Å²) >= 11 is 0. The van der Waals surface area contributed by atoms with Gasteiger partial charge in [-0.05, 0) is 26.0 Å². The maximum atomic E-state index is 13.0. The molecule has 13 heteroatoms. The fraction of sp³-hybridized carbons (Fsp3) is 0.435. The average Bonchev–Trinajstić information content (AvgIpc) is 3.18. The van der Waals surface area contributed by atoms with Gasteiger partial charge in [0.25, 0.3) is 5.91 Å². The van der Waals surface area contributed by atoms with Crippen LogP contribution in [0.3, 0.4) is 0 Å². The molecule has 5 rings (SSSR count). The van der Waals surface area contributed by atoms with E-state index in [9.17, 15) is 18.0 Å². The van der Waals surface area contributed by atoms with Crippen LogP contribution in [0.25, 0.3) is 11.0 Å². The van der Waals surface area contributed by atoms with E-state index < -0.39 is 47.9 Å². The molecular weight excluding hydrogens is 481 g/mol. The van der Waals surface area contributed by atoms with Gasteiger partial charge in [-0.1, -0.05) is 12.1 Å². The second kappa shape index (κ2) is 9.22. The summed E-state index contributed by atoms with van der Waals surface area (Å²) in [6, 6.07) is 6.65. The van der Waals surface area contributed by atoms with Crippen molar-refractivity contribution in [2.45, 2.75) is 50.2 Å². The molecule has 0 radical (unpaired) electrons. The summed E-state index contributed by atoms with van der Waals surface area (Å²) in [5, 5.41) is 5.71. The highest BCUT2D eigenvalue weighted by Gasteiger charge is 2.52. The van der Waals surface area contributed by atoms with Crippen LogP contribution in [0.1, 0.15) is 30.0 Å². The minimum Gasteiger partial charge on any atom is -0.371 e. The minimum atomic E-state index is -4.62. The number of aromatic nitrogens is 4. The van der Waals surface area contributed by atoms with Gasteiger partial charge >= 0.3 is 6.18 Å². The van der Waals surface area contributed by atoms with Gasteiger partial charge in [0.2, 0.25) is 0 Å². The van der Waals surface area contributed by atoms with Gasteiger partial charge < -0.3 is 24.8 Å². The summed E-state index contributed by atoms with van der Waals surface area (Å²) in [6.07, 6.45) is -3.12. The number of carbonyl (C=O) groups is 1. The van der Waals surface area contributed by atoms with Crippen LogP contribution in [0.4, 0.5) is 19.0 Å². The summed E-state index contributed by atoms with van der Waals surface area (Å²) in [5.74, 6) is -1.45. The fourth-order valence-electron chi connectivity index (χ4n) is 4.24. The lowest BCUT2D eigenvalue weighted by Crippen LogP contribution is -2.57. The Hall–Kier alpha value is -3.42. The Bertz CT molecular complexity index is 1270. The summed E-state index contributed by atoms with van der Waals surface area (Å²) in [5.41, 5.74) is 0.324. The highest BCUT2D eigenvalue weighted by molar-refractivity contribution is 5.93. The van der Waals surface area contributed by atoms with Crippen LogP contribution in [-0.2, 0) is 20.4 Å². The predicted molar refractivity (Wildman–Crippen MR) is 120 cm³/mol. The molecule has 4 heterocycles. The maximum Gasteiger partial charge on any atom is 0.434 e. The molecule has 190 valence electrons. The standard InChI is InChI=1S/C23H23F3N6O4/c1-22(2)35-19-15(31-18-10-27-9-17(32-18)23(24,25)26)11-34-16(20(19)36-22)8-29-21(33)14-7-28-12-5-3-4-6-13(12)30-14/h3-7,9-10,15-16,19-20H,8,11H2,1-2H3,(H,29,33)(H,31,32)/t15-,16+,19+,20-/m0/s1. The van der Waals surface area contributed by atoms with Gasteiger partial charge in [0.15, 0.2) is 11.5 Å². The van der Waals surface area contributed by atoms with E-state index in [0.29, 0.717) is 17.2 Å². The Morgan fingerprint density at radius 2 is 1.83 bits per heavy atom. The zero-order chi connectivity index (χ0) is 25.5. The molecular formula is C23H23F3N6O4. The van der Waals surface area contributed by atoms with Crippen LogP contribution >= 0.6 is 0 Å². The number of amides is 1. The van der Waals surface area contributed by atoms with Crippen LogP contribution in [0.5, 0.6) is 0 Å². The molecule has 36 heavy (non-hydrogen) atoms. The first-order valence-corrected chi connectivity index (χ1v) is 11.2. The van der Waals surface area contributed by atoms with Crippen LogP contribution in [0.15, 0.2) is 42.9 Å². The molecule has 0 aliphatic carbocycles. The van der Waals surface area contributed by atoms with E-state index >= 15 is 0 Å². The van der Waals surface area contributed by atoms with Crippen LogP contribution in [0, 0.1) is 0 Å². The number of carbonyl (C=O) groups excluding carboxylic acids is 1. The zero-order valence-electron chi connectivity index (χ0n) is 19.3. The molecule has 1 amide bonds. The fourth-order valence-corrected chi connectivity index (χ4v) is 4.24. The summed E-state index contributed by atoms with van der Waals surface area (Å²) in [7, 11) is 0. The zero-order valence-corrected chi connectivity index (χ0v) is 19.3. The molecule has 2 fully saturated rings. The largest absolute Gasteiger partial charge is 0.434 e. The van der Waals surface area contributed by atoms with Gasteiger partial charge in [0.1, 0.15) is 29.8 Å². The van der Waals surface area contributed by atoms with Gasteiger partial charge in [0.05, 0.1) is 42.3 Å². The number of nitrogens with one attached hydrogen (secondary N) is 2. The number of fused-ring (bicyclic) bond motifs is 2. The van der Waals surface area contributed by atoms with E-state index in [1.54, 1.807) is 26.0 Å². The van der Waals surface area contributed by atoms with Crippen molar-refractivity contribution in [3.8, 4) is 0 Å². The minimum absolute atomic E-state index is 0.0629. The Kier molecular flexibility index (Phi) is 6.22. The Morgan fingerprint density at radius 1 is 1.08 bits per heavy atom. The number of hydrogen-bond acceptors (Lipinski definition) is 9. The Morgan fingerprint density at radius 3 is 2.61 bits per heavy atom. The first-order chi connectivity index (χ1) is 17.1. The molecule has 0 unspecified atom stereocenters. The normalized spacial score (nSPS) is 25.4. The highest BCUT2D eigenvalue weighted by atomic mass is 19.4. The van der Waals surface area contributed by atoms with Crippen molar-refractivity contribution in [2.24, 2.45) is 0 Å². The van der Waals surface area contributed by atoms with Crippen LogP contribution < -0.4 is 10.6 Å². The lowest BCUT2D eigenvalue weighted by molar-refractivity contribution is -0.153. The first kappa shape index (κ1) is 24.3. The molecule has 2 N–H and O–H groups in total. The van der Waals surface area contributed by atoms with Crippen molar-refractivity contribution in [1.82, 2.24) is 25.3 Å². The lowest BCUT2D eigenvalue weighted by Gasteiger charge is -2.37. The Balaban J connectivity index is 1.27. The third kappa shape index (κ3) is 5.08. The molecule has 0 saturated carbocycles. The van der Waals surface area contributed by atoms with E-state index in [0.717, 1.165) is 0 Å². The third-order valence-electron chi connectivity index (χ3n) is 5.82. The number of anilines is 1. The SMILES string of the molecule is CC1(C)O[C@@H]2[C@H](O1)[C@@H](Nc1cncc(C(F)(F)F)n1)CO[C@@H]2CNC(=O)c1cnc2ccccc2n1. The number of rotatable bonds is 5. The maximum absolute atomic E-state index is 13.0. The number of hydrogen-bond donors (Lipinski definition) is 2. The number of nitrogens with zero attached hydrogens (tertiary/aromatic N) is 4. The summed E-state index contributed by atoms with van der Waals surface area (Å²) in [4.78, 5) is 28.5. The quantitative estimate of drug-likeness (QED) is 0.540. The van der Waals surface area contributed by atoms with Gasteiger partial charge in [-0.3, -0.25) is 14.8 Å². The van der Waals surface area contributed by atoms with Crippen molar-refractivity contribution >= 4 is 22.8 Å². The molecule has 0 bridgehead atoms. The monoisotopic (exact) mass is 504 g/mol. The number of para-hydroxylation sites is 2. The Labute approximate surface area is 203 Å². The van der Waals surface area contributed by atoms with Gasteiger partial charge in [-0.2, -0.15) is 13.2 Å². The lowest BCUT2D eigenvalue weighted by atomic mass is 9.98. The van der Waals surface area contributed by atoms with Gasteiger partial charge in [0, 0.05) is 6.54 Å². The molecule has 2 aromatic heterocycles. The number of benzene rings is 1. The number of halogens is 3. The van der Waals surface area contributed by atoms with Crippen LogP contribution in [-0.4, -0.2) is 69.1 Å². The van der Waals surface area contributed by atoms with Crippen molar-refractivity contribution in [3.63, 3.8) is 0 Å². The predicted octanol–water partition coefficient (Wildman–Crippen LogP) is 2.57. The molecule has 4 atom stereocenters. The third-order valence-corrected chi connectivity index (χ3v) is 5.82. The van der Waals surface area contributed by atoms with Crippen molar-refractivity contribution in [1.29, 1.82) is 0 Å². The van der Waals surface area contributed by atoms with Crippen molar-refractivity contribution in [2.75, 3.05) is 18.5 Å². The van der Waals surface area contributed by atoms with Gasteiger partial charge in [-0.25, -0.2) is 9.97 Å². The van der Waals surface area contributed by atoms with Gasteiger partial charge in [-0.15, -0.1) is 0 Å². The van der Waals surface area contributed by atoms with Crippen molar-refractivity contribution in [3.05, 3.63) is 54.2 Å². The van der Waals surface area contributed by atoms with E-state index in [1.807, 2.05) is 12.1 Å². The topological polar surface area (TPSA) is 120 Å². The van der Waals surface area contributed by atoms with E-state index in [-0.39, 0.29) is 24.7 Å². The molecule has 10 nitrogen and oxygen atoms in total. The molecule has 2 aliphatic rings. The molecule has 2 aliphatic heterocycles. The molecule has 1 aromatic carbocycles. The van der Waals surface area contributed by atoms with Crippen molar-refractivity contribution < 1.29 is 32.2 Å². The van der Waals surface area contributed by atoms with E-state index in [4.69, 9.17) is 14.2 Å².